The van der Waals surface area contributed by atoms with Gasteiger partial charge in [0.25, 0.3) is 0 Å². The minimum Gasteiger partial charge on any atom is -0.337 e. The molecule has 0 bridgehead atoms. The Morgan fingerprint density at radius 2 is 1.83 bits per heavy atom. The summed E-state index contributed by atoms with van der Waals surface area (Å²) in [6.07, 6.45) is -3.45. The van der Waals surface area contributed by atoms with Crippen LogP contribution < -0.4 is 16.4 Å². The van der Waals surface area contributed by atoms with Crippen LogP contribution in [-0.4, -0.2) is 48.7 Å². The fourth-order valence-corrected chi connectivity index (χ4v) is 4.95. The van der Waals surface area contributed by atoms with Crippen LogP contribution in [0.25, 0.3) is 11.3 Å². The lowest BCUT2D eigenvalue weighted by Crippen LogP contribution is -2.69. The highest BCUT2D eigenvalue weighted by molar-refractivity contribution is 5.65. The van der Waals surface area contributed by atoms with Crippen molar-refractivity contribution in [2.24, 2.45) is 11.5 Å². The minimum absolute atomic E-state index is 0.0847. The predicted octanol–water partition coefficient (Wildman–Crippen LogP) is 3.37. The third-order valence-corrected chi connectivity index (χ3v) is 6.94. The van der Waals surface area contributed by atoms with Crippen LogP contribution >= 0.6 is 0 Å². The van der Waals surface area contributed by atoms with Crippen LogP contribution in [0.4, 0.5) is 23.2 Å². The molecule has 0 radical (unpaired) electrons. The van der Waals surface area contributed by atoms with Gasteiger partial charge in [-0.3, -0.25) is 10.4 Å². The Hall–Kier alpha value is -3.09. The lowest BCUT2D eigenvalue weighted by molar-refractivity contribution is -0.212. The molecule has 0 spiro atoms. The first-order valence-corrected chi connectivity index (χ1v) is 11.4. The molecule has 2 aliphatic rings. The highest BCUT2D eigenvalue weighted by atomic mass is 19.4. The van der Waals surface area contributed by atoms with Gasteiger partial charge in [-0.2, -0.15) is 18.3 Å². The first-order chi connectivity index (χ1) is 16.7. The third-order valence-electron chi connectivity index (χ3n) is 6.94. The summed E-state index contributed by atoms with van der Waals surface area (Å²) in [6, 6.07) is 8.96. The number of hydrogen-bond donors (Lipinski definition) is 2. The van der Waals surface area contributed by atoms with E-state index in [0.717, 1.165) is 4.90 Å². The molecule has 0 saturated heterocycles. The van der Waals surface area contributed by atoms with E-state index in [-0.39, 0.29) is 18.9 Å². The van der Waals surface area contributed by atoms with E-state index < -0.39 is 30.0 Å². The normalized spacial score (nSPS) is 22.7. The average molecular weight is 491 g/mol. The number of pyridine rings is 1. The maximum Gasteiger partial charge on any atom is 0.406 e. The van der Waals surface area contributed by atoms with E-state index in [0.29, 0.717) is 35.6 Å². The lowest BCUT2D eigenvalue weighted by atomic mass is 10.0. The van der Waals surface area contributed by atoms with Crippen molar-refractivity contribution in [3.8, 4) is 11.3 Å². The molecule has 0 amide bonds. The van der Waals surface area contributed by atoms with Gasteiger partial charge in [-0.15, -0.1) is 0 Å². The minimum atomic E-state index is -4.51. The van der Waals surface area contributed by atoms with Gasteiger partial charge in [0, 0.05) is 5.56 Å². The Labute approximate surface area is 199 Å². The smallest absolute Gasteiger partial charge is 0.337 e. The van der Waals surface area contributed by atoms with E-state index in [1.54, 1.807) is 40.2 Å². The van der Waals surface area contributed by atoms with Gasteiger partial charge in [-0.05, 0) is 55.7 Å². The number of fused-ring (bicyclic) bond motifs is 1. The monoisotopic (exact) mass is 490 g/mol. The van der Waals surface area contributed by atoms with Crippen LogP contribution in [0.2, 0.25) is 0 Å². The highest BCUT2D eigenvalue weighted by Gasteiger charge is 2.70. The van der Waals surface area contributed by atoms with Crippen molar-refractivity contribution in [3.63, 3.8) is 0 Å². The van der Waals surface area contributed by atoms with Gasteiger partial charge in [0.15, 0.2) is 0 Å². The van der Waals surface area contributed by atoms with E-state index in [4.69, 9.17) is 11.5 Å². The number of rotatable bonds is 6. The molecule has 35 heavy (non-hydrogen) atoms. The van der Waals surface area contributed by atoms with Gasteiger partial charge in [0.1, 0.15) is 36.5 Å². The Morgan fingerprint density at radius 1 is 1.11 bits per heavy atom. The lowest BCUT2D eigenvalue weighted by Gasteiger charge is -2.52. The van der Waals surface area contributed by atoms with Crippen molar-refractivity contribution >= 4 is 5.69 Å². The van der Waals surface area contributed by atoms with Crippen LogP contribution in [0.5, 0.6) is 0 Å². The Bertz CT molecular complexity index is 1180. The van der Waals surface area contributed by atoms with Gasteiger partial charge >= 0.3 is 6.18 Å². The topological polar surface area (TPSA) is 102 Å². The Morgan fingerprint density at radius 3 is 2.40 bits per heavy atom. The molecule has 186 valence electrons. The van der Waals surface area contributed by atoms with E-state index in [1.165, 1.54) is 18.5 Å². The second-order valence-electron chi connectivity index (χ2n) is 8.99. The summed E-state index contributed by atoms with van der Waals surface area (Å²) in [5, 5.41) is 4.15. The van der Waals surface area contributed by atoms with E-state index in [1.807, 2.05) is 6.92 Å². The highest BCUT2D eigenvalue weighted by Crippen LogP contribution is 2.57. The van der Waals surface area contributed by atoms with E-state index in [2.05, 4.69) is 15.1 Å². The molecule has 5 rings (SSSR count). The van der Waals surface area contributed by atoms with Gasteiger partial charge in [0.2, 0.25) is 0 Å². The van der Waals surface area contributed by atoms with Crippen molar-refractivity contribution in [2.75, 3.05) is 4.90 Å². The summed E-state index contributed by atoms with van der Waals surface area (Å²) in [5.74, 6) is -0.397. The average Bonchev–Trinajstić information content (AvgIpc) is 3.47. The number of aromatic nitrogens is 4. The number of anilines is 1. The fourth-order valence-electron chi connectivity index (χ4n) is 4.95. The van der Waals surface area contributed by atoms with Crippen molar-refractivity contribution in [1.29, 1.82) is 0 Å². The first-order valence-electron chi connectivity index (χ1n) is 11.4. The molecule has 4 N–H and O–H groups in total. The summed E-state index contributed by atoms with van der Waals surface area (Å²) < 4.78 is 57.8. The number of alkyl halides is 3. The van der Waals surface area contributed by atoms with Crippen molar-refractivity contribution in [3.05, 3.63) is 60.6 Å². The second-order valence-corrected chi connectivity index (χ2v) is 8.99. The molecular formula is C23H26F4N8. The maximum absolute atomic E-state index is 14.3. The standard InChI is InChI=1S/C23H26F4N8/c1-2-16(11-33-13-30-12-31-33)34-18-8-7-17(14-3-5-15(24)6-4-14)32-19(18)20(28)35(21(34)29)22(9-10-22)23(25,26)27/h3-8,12-13,16,20-21H,2,9-11,28-29H2,1H3. The van der Waals surface area contributed by atoms with Gasteiger partial charge in [0.05, 0.1) is 29.7 Å². The van der Waals surface area contributed by atoms with Crippen LogP contribution in [0.3, 0.4) is 0 Å². The molecule has 3 aromatic rings. The maximum atomic E-state index is 14.3. The first kappa shape index (κ1) is 23.6. The Balaban J connectivity index is 1.62. The fraction of sp³-hybridized carbons (Fsp3) is 0.435. The predicted molar refractivity (Wildman–Crippen MR) is 121 cm³/mol. The molecule has 3 unspecified atom stereocenters. The SMILES string of the molecule is CCC(Cn1cncn1)N1c2ccc(-c3ccc(F)cc3)nc2C(N)N(C2(C(F)(F)F)CC2)C1N. The number of halogens is 4. The van der Waals surface area contributed by atoms with E-state index >= 15 is 0 Å². The molecule has 1 aromatic carbocycles. The molecular weight excluding hydrogens is 464 g/mol. The van der Waals surface area contributed by atoms with E-state index in [9.17, 15) is 17.6 Å². The van der Waals surface area contributed by atoms with Crippen molar-refractivity contribution < 1.29 is 17.6 Å². The summed E-state index contributed by atoms with van der Waals surface area (Å²) in [6.45, 7) is 2.30. The molecule has 12 heteroatoms. The molecule has 1 aliphatic heterocycles. The molecule has 3 heterocycles. The quantitative estimate of drug-likeness (QED) is 0.511. The number of nitrogens with zero attached hydrogens (tertiary/aromatic N) is 6. The number of nitrogens with two attached hydrogens (primary N) is 2. The van der Waals surface area contributed by atoms with Crippen molar-refractivity contribution in [1.82, 2.24) is 24.6 Å². The summed E-state index contributed by atoms with van der Waals surface area (Å²) in [4.78, 5) is 11.6. The molecule has 8 nitrogen and oxygen atoms in total. The largest absolute Gasteiger partial charge is 0.406 e. The second kappa shape index (κ2) is 8.54. The zero-order chi connectivity index (χ0) is 25.0. The Kier molecular flexibility index (Phi) is 5.77. The summed E-state index contributed by atoms with van der Waals surface area (Å²) in [5.41, 5.74) is 12.9. The van der Waals surface area contributed by atoms with Gasteiger partial charge in [-0.1, -0.05) is 6.92 Å². The van der Waals surface area contributed by atoms with Gasteiger partial charge < -0.3 is 10.6 Å². The number of benzene rings is 1. The molecule has 1 aliphatic carbocycles. The van der Waals surface area contributed by atoms with Crippen LogP contribution in [0.1, 0.15) is 38.0 Å². The van der Waals surface area contributed by atoms with Crippen LogP contribution in [-0.2, 0) is 6.54 Å². The molecule has 2 aromatic heterocycles. The number of hydrogen-bond acceptors (Lipinski definition) is 7. The molecule has 1 saturated carbocycles. The van der Waals surface area contributed by atoms with Crippen molar-refractivity contribution in [2.45, 2.75) is 62.9 Å². The zero-order valence-electron chi connectivity index (χ0n) is 19.0. The third kappa shape index (κ3) is 3.95. The summed E-state index contributed by atoms with van der Waals surface area (Å²) >= 11 is 0. The van der Waals surface area contributed by atoms with Crippen LogP contribution in [0, 0.1) is 5.82 Å². The summed E-state index contributed by atoms with van der Waals surface area (Å²) in [7, 11) is 0. The van der Waals surface area contributed by atoms with Gasteiger partial charge in [-0.25, -0.2) is 19.3 Å². The molecule has 3 atom stereocenters. The van der Waals surface area contributed by atoms with Crippen LogP contribution in [0.15, 0.2) is 49.1 Å². The molecule has 1 fully saturated rings. The zero-order valence-corrected chi connectivity index (χ0v) is 19.0.